The third kappa shape index (κ3) is 3.80. The third-order valence-electron chi connectivity index (χ3n) is 3.36. The molecule has 1 amide bonds. The molecule has 1 atom stereocenters. The van der Waals surface area contributed by atoms with Crippen LogP contribution in [0.25, 0.3) is 0 Å². The second kappa shape index (κ2) is 6.41. The summed E-state index contributed by atoms with van der Waals surface area (Å²) in [4.78, 5) is 21.6. The number of carbonyl (C=O) groups is 1. The fourth-order valence-corrected chi connectivity index (χ4v) is 3.51. The average molecular weight is 328 g/mol. The monoisotopic (exact) mass is 328 g/mol. The first-order valence-electron chi connectivity index (χ1n) is 6.72. The van der Waals surface area contributed by atoms with Gasteiger partial charge < -0.3 is 4.74 Å². The van der Waals surface area contributed by atoms with E-state index in [0.29, 0.717) is 18.6 Å². The van der Waals surface area contributed by atoms with Crippen molar-refractivity contribution in [2.75, 3.05) is 6.61 Å². The summed E-state index contributed by atoms with van der Waals surface area (Å²) in [7, 11) is -4.15. The van der Waals surface area contributed by atoms with Gasteiger partial charge in [-0.2, -0.15) is 0 Å². The van der Waals surface area contributed by atoms with E-state index in [1.165, 1.54) is 19.1 Å². The lowest BCUT2D eigenvalue weighted by molar-refractivity contribution is -0.385. The first kappa shape index (κ1) is 16.4. The molecule has 0 radical (unpaired) electrons. The molecule has 0 aromatic heterocycles. The van der Waals surface area contributed by atoms with Gasteiger partial charge in [-0.3, -0.25) is 14.9 Å². The summed E-state index contributed by atoms with van der Waals surface area (Å²) in [5, 5.41) is 10.8. The minimum atomic E-state index is -4.15. The number of rotatable bonds is 5. The van der Waals surface area contributed by atoms with Crippen molar-refractivity contribution >= 4 is 21.6 Å². The lowest BCUT2D eigenvalue weighted by Crippen LogP contribution is -2.33. The summed E-state index contributed by atoms with van der Waals surface area (Å²) >= 11 is 0. The van der Waals surface area contributed by atoms with E-state index < -0.39 is 20.9 Å². The Balaban J connectivity index is 2.17. The van der Waals surface area contributed by atoms with Crippen LogP contribution in [0.15, 0.2) is 23.1 Å². The number of non-ortho nitro benzene ring substituents is 1. The zero-order valence-electron chi connectivity index (χ0n) is 11.9. The Morgan fingerprint density at radius 1 is 1.50 bits per heavy atom. The van der Waals surface area contributed by atoms with Crippen LogP contribution < -0.4 is 4.72 Å². The van der Waals surface area contributed by atoms with Crippen molar-refractivity contribution in [2.24, 2.45) is 0 Å². The number of nitro benzene ring substituents is 1. The van der Waals surface area contributed by atoms with E-state index in [0.717, 1.165) is 12.5 Å². The van der Waals surface area contributed by atoms with Crippen LogP contribution in [0.3, 0.4) is 0 Å². The maximum absolute atomic E-state index is 12.2. The molecule has 9 heteroatoms. The first-order chi connectivity index (χ1) is 10.3. The van der Waals surface area contributed by atoms with E-state index in [9.17, 15) is 23.3 Å². The van der Waals surface area contributed by atoms with Crippen molar-refractivity contribution in [1.82, 2.24) is 4.72 Å². The highest BCUT2D eigenvalue weighted by Crippen LogP contribution is 2.22. The van der Waals surface area contributed by atoms with Crippen LogP contribution in [-0.2, 0) is 19.6 Å². The molecule has 0 aliphatic carbocycles. The maximum atomic E-state index is 12.2. The van der Waals surface area contributed by atoms with Gasteiger partial charge in [0.05, 0.1) is 22.3 Å². The van der Waals surface area contributed by atoms with Gasteiger partial charge in [-0.15, -0.1) is 0 Å². The Bertz CT molecular complexity index is 694. The molecule has 0 bridgehead atoms. The van der Waals surface area contributed by atoms with Gasteiger partial charge in [0.2, 0.25) is 5.91 Å². The van der Waals surface area contributed by atoms with E-state index in [1.54, 1.807) is 0 Å². The number of aryl methyl sites for hydroxylation is 1. The van der Waals surface area contributed by atoms with Gasteiger partial charge in [0.15, 0.2) is 0 Å². The van der Waals surface area contributed by atoms with Gasteiger partial charge in [-0.25, -0.2) is 13.1 Å². The van der Waals surface area contributed by atoms with E-state index in [1.807, 2.05) is 4.72 Å². The van der Waals surface area contributed by atoms with Crippen molar-refractivity contribution in [2.45, 2.75) is 37.2 Å². The van der Waals surface area contributed by atoms with E-state index in [-0.39, 0.29) is 23.1 Å². The topological polar surface area (TPSA) is 116 Å². The standard InChI is InChI=1S/C13H16N2O6S/c1-9-4-5-10(15(17)18)7-12(9)22(19,20)14-13(16)8-11-3-2-6-21-11/h4-5,7,11H,2-3,6,8H2,1H3,(H,14,16). The number of carbonyl (C=O) groups excluding carboxylic acids is 1. The quantitative estimate of drug-likeness (QED) is 0.643. The van der Waals surface area contributed by atoms with Crippen molar-refractivity contribution in [3.8, 4) is 0 Å². The molecule has 0 spiro atoms. The molecule has 22 heavy (non-hydrogen) atoms. The molecule has 1 unspecified atom stereocenters. The van der Waals surface area contributed by atoms with Gasteiger partial charge in [-0.05, 0) is 25.3 Å². The van der Waals surface area contributed by atoms with Crippen LogP contribution >= 0.6 is 0 Å². The van der Waals surface area contributed by atoms with Crippen LogP contribution in [0.5, 0.6) is 0 Å². The summed E-state index contributed by atoms with van der Waals surface area (Å²) < 4.78 is 31.6. The number of hydrogen-bond acceptors (Lipinski definition) is 6. The minimum absolute atomic E-state index is 0.0484. The highest BCUT2D eigenvalue weighted by Gasteiger charge is 2.25. The molecule has 1 aromatic carbocycles. The Labute approximate surface area is 127 Å². The number of benzene rings is 1. The first-order valence-corrected chi connectivity index (χ1v) is 8.20. The number of nitro groups is 1. The molecule has 1 saturated heterocycles. The van der Waals surface area contributed by atoms with Crippen LogP contribution in [0.1, 0.15) is 24.8 Å². The molecule has 0 saturated carbocycles. The normalized spacial score (nSPS) is 18.1. The summed E-state index contributed by atoms with van der Waals surface area (Å²) in [5.41, 5.74) is -0.0273. The predicted octanol–water partition coefficient (Wildman–Crippen LogP) is 1.28. The number of nitrogens with one attached hydrogen (secondary N) is 1. The minimum Gasteiger partial charge on any atom is -0.378 e. The molecule has 8 nitrogen and oxygen atoms in total. The summed E-state index contributed by atoms with van der Waals surface area (Å²) in [6.45, 7) is 2.07. The Kier molecular flexibility index (Phi) is 4.77. The molecular formula is C13H16N2O6S. The van der Waals surface area contributed by atoms with Gasteiger partial charge in [-0.1, -0.05) is 6.07 Å². The van der Waals surface area contributed by atoms with Crippen LogP contribution in [0, 0.1) is 17.0 Å². The smallest absolute Gasteiger partial charge is 0.270 e. The summed E-state index contributed by atoms with van der Waals surface area (Å²) in [5.74, 6) is -0.683. The number of amides is 1. The van der Waals surface area contributed by atoms with E-state index in [2.05, 4.69) is 0 Å². The summed E-state index contributed by atoms with van der Waals surface area (Å²) in [6, 6.07) is 3.48. The van der Waals surface area contributed by atoms with Crippen LogP contribution in [0.4, 0.5) is 5.69 Å². The van der Waals surface area contributed by atoms with Crippen LogP contribution in [0.2, 0.25) is 0 Å². The molecule has 1 aliphatic rings. The maximum Gasteiger partial charge on any atom is 0.270 e. The lowest BCUT2D eigenvalue weighted by Gasteiger charge is -2.11. The van der Waals surface area contributed by atoms with Crippen molar-refractivity contribution in [1.29, 1.82) is 0 Å². The van der Waals surface area contributed by atoms with E-state index in [4.69, 9.17) is 4.74 Å². The van der Waals surface area contributed by atoms with E-state index >= 15 is 0 Å². The summed E-state index contributed by atoms with van der Waals surface area (Å²) in [6.07, 6.45) is 1.23. The second-order valence-corrected chi connectivity index (χ2v) is 6.73. The predicted molar refractivity (Wildman–Crippen MR) is 76.8 cm³/mol. The average Bonchev–Trinajstić information content (AvgIpc) is 2.90. The molecule has 1 aromatic rings. The van der Waals surface area contributed by atoms with Gasteiger partial charge in [0.25, 0.3) is 15.7 Å². The van der Waals surface area contributed by atoms with Crippen molar-refractivity contribution < 1.29 is 22.9 Å². The SMILES string of the molecule is Cc1ccc([N+](=O)[O-])cc1S(=O)(=O)NC(=O)CC1CCCO1. The largest absolute Gasteiger partial charge is 0.378 e. The molecule has 1 heterocycles. The molecular weight excluding hydrogens is 312 g/mol. The number of ether oxygens (including phenoxy) is 1. The van der Waals surface area contributed by atoms with Crippen LogP contribution in [-0.4, -0.2) is 32.0 Å². The van der Waals surface area contributed by atoms with Gasteiger partial charge >= 0.3 is 0 Å². The second-order valence-electron chi connectivity index (χ2n) is 5.07. The third-order valence-corrected chi connectivity index (χ3v) is 4.87. The highest BCUT2D eigenvalue weighted by molar-refractivity contribution is 7.90. The Hall–Kier alpha value is -2.00. The molecule has 1 aliphatic heterocycles. The molecule has 1 fully saturated rings. The fourth-order valence-electron chi connectivity index (χ4n) is 2.25. The Morgan fingerprint density at radius 3 is 2.82 bits per heavy atom. The van der Waals surface area contributed by atoms with Gasteiger partial charge in [0, 0.05) is 18.7 Å². The lowest BCUT2D eigenvalue weighted by atomic mass is 10.2. The number of sulfonamides is 1. The number of hydrogen-bond donors (Lipinski definition) is 1. The molecule has 120 valence electrons. The Morgan fingerprint density at radius 2 is 2.23 bits per heavy atom. The van der Waals surface area contributed by atoms with Crippen molar-refractivity contribution in [3.63, 3.8) is 0 Å². The van der Waals surface area contributed by atoms with Crippen molar-refractivity contribution in [3.05, 3.63) is 33.9 Å². The zero-order valence-corrected chi connectivity index (χ0v) is 12.8. The zero-order chi connectivity index (χ0) is 16.3. The van der Waals surface area contributed by atoms with Gasteiger partial charge in [0.1, 0.15) is 0 Å². The molecule has 2 rings (SSSR count). The number of nitrogens with zero attached hydrogens (tertiary/aromatic N) is 1. The fraction of sp³-hybridized carbons (Fsp3) is 0.462. The highest BCUT2D eigenvalue weighted by atomic mass is 32.2. The molecule has 1 N–H and O–H groups in total.